The van der Waals surface area contributed by atoms with Gasteiger partial charge in [0.1, 0.15) is 5.60 Å². The lowest BCUT2D eigenvalue weighted by atomic mass is 10.0. The predicted molar refractivity (Wildman–Crippen MR) is 116 cm³/mol. The standard InChI is InChI=1S/C24H29N3O2/c1-24(2,3)29-23(28)27-15-13-26(14-16-27)12-6-8-18-10-11-25-21-17-19-7-4-5-9-20(19)22(18)21/h4-11H,12-17H2,1-3H3/b8-6-. The van der Waals surface area contributed by atoms with Gasteiger partial charge in [-0.3, -0.25) is 9.88 Å². The van der Waals surface area contributed by atoms with Gasteiger partial charge in [-0.15, -0.1) is 0 Å². The topological polar surface area (TPSA) is 45.7 Å². The van der Waals surface area contributed by atoms with Crippen LogP contribution in [-0.2, 0) is 11.2 Å². The van der Waals surface area contributed by atoms with E-state index in [9.17, 15) is 4.79 Å². The van der Waals surface area contributed by atoms with Crippen molar-refractivity contribution in [2.45, 2.75) is 32.8 Å². The highest BCUT2D eigenvalue weighted by molar-refractivity contribution is 5.83. The molecule has 2 aromatic rings. The van der Waals surface area contributed by atoms with Crippen LogP contribution in [0.1, 0.15) is 37.6 Å². The quantitative estimate of drug-likeness (QED) is 0.671. The first-order valence-electron chi connectivity index (χ1n) is 10.3. The molecule has 4 rings (SSSR count). The summed E-state index contributed by atoms with van der Waals surface area (Å²) in [4.78, 5) is 21.0. The minimum atomic E-state index is -0.444. The van der Waals surface area contributed by atoms with Gasteiger partial charge in [0.25, 0.3) is 0 Å². The zero-order chi connectivity index (χ0) is 20.4. The Hall–Kier alpha value is -2.66. The van der Waals surface area contributed by atoms with Gasteiger partial charge >= 0.3 is 6.09 Å². The van der Waals surface area contributed by atoms with Crippen molar-refractivity contribution in [3.05, 3.63) is 59.4 Å². The molecule has 0 bridgehead atoms. The number of hydrogen-bond acceptors (Lipinski definition) is 4. The summed E-state index contributed by atoms with van der Waals surface area (Å²) < 4.78 is 5.47. The summed E-state index contributed by atoms with van der Waals surface area (Å²) >= 11 is 0. The normalized spacial score (nSPS) is 16.7. The van der Waals surface area contributed by atoms with Crippen molar-refractivity contribution in [1.82, 2.24) is 14.8 Å². The molecule has 2 heterocycles. The first-order chi connectivity index (χ1) is 13.9. The minimum absolute atomic E-state index is 0.210. The third kappa shape index (κ3) is 4.51. The molecule has 1 aliphatic carbocycles. The second kappa shape index (κ2) is 7.99. The van der Waals surface area contributed by atoms with Crippen LogP contribution in [0.15, 0.2) is 42.6 Å². The number of carbonyl (C=O) groups excluding carboxylic acids is 1. The number of ether oxygens (including phenoxy) is 1. The summed E-state index contributed by atoms with van der Waals surface area (Å²) in [5, 5.41) is 0. The van der Waals surface area contributed by atoms with E-state index >= 15 is 0 Å². The van der Waals surface area contributed by atoms with Gasteiger partial charge in [0.15, 0.2) is 0 Å². The maximum Gasteiger partial charge on any atom is 0.410 e. The van der Waals surface area contributed by atoms with E-state index in [1.54, 1.807) is 4.90 Å². The average Bonchev–Trinajstić information content (AvgIpc) is 3.06. The molecule has 1 aliphatic heterocycles. The summed E-state index contributed by atoms with van der Waals surface area (Å²) in [7, 11) is 0. The Morgan fingerprint density at radius 2 is 1.90 bits per heavy atom. The second-order valence-electron chi connectivity index (χ2n) is 8.73. The highest BCUT2D eigenvalue weighted by atomic mass is 16.6. The number of rotatable bonds is 3. The number of carbonyl (C=O) groups is 1. The average molecular weight is 392 g/mol. The largest absolute Gasteiger partial charge is 0.444 e. The van der Waals surface area contributed by atoms with Crippen LogP contribution in [0.2, 0.25) is 0 Å². The minimum Gasteiger partial charge on any atom is -0.444 e. The molecule has 0 saturated carbocycles. The first-order valence-corrected chi connectivity index (χ1v) is 10.3. The lowest BCUT2D eigenvalue weighted by molar-refractivity contribution is 0.0154. The molecule has 0 atom stereocenters. The molecule has 5 heteroatoms. The third-order valence-electron chi connectivity index (χ3n) is 5.39. The third-order valence-corrected chi connectivity index (χ3v) is 5.39. The fourth-order valence-electron chi connectivity index (χ4n) is 3.97. The molecule has 29 heavy (non-hydrogen) atoms. The molecule has 0 spiro atoms. The number of hydrogen-bond donors (Lipinski definition) is 0. The van der Waals surface area contributed by atoms with Gasteiger partial charge in [-0.05, 0) is 43.5 Å². The van der Waals surface area contributed by atoms with Crippen molar-refractivity contribution in [3.8, 4) is 11.1 Å². The van der Waals surface area contributed by atoms with Crippen molar-refractivity contribution in [1.29, 1.82) is 0 Å². The van der Waals surface area contributed by atoms with Crippen molar-refractivity contribution in [2.75, 3.05) is 32.7 Å². The molecule has 1 fully saturated rings. The van der Waals surface area contributed by atoms with E-state index in [0.717, 1.165) is 26.1 Å². The fraction of sp³-hybridized carbons (Fsp3) is 0.417. The van der Waals surface area contributed by atoms with Crippen molar-refractivity contribution in [2.24, 2.45) is 0 Å². The molecule has 0 unspecified atom stereocenters. The van der Waals surface area contributed by atoms with Crippen molar-refractivity contribution < 1.29 is 9.53 Å². The maximum absolute atomic E-state index is 12.2. The molecule has 1 aromatic carbocycles. The Kier molecular flexibility index (Phi) is 5.41. The van der Waals surface area contributed by atoms with Crippen LogP contribution < -0.4 is 0 Å². The van der Waals surface area contributed by atoms with Gasteiger partial charge in [-0.1, -0.05) is 36.4 Å². The number of pyridine rings is 1. The fourth-order valence-corrected chi connectivity index (χ4v) is 3.97. The van der Waals surface area contributed by atoms with Crippen LogP contribution in [0.5, 0.6) is 0 Å². The predicted octanol–water partition coefficient (Wildman–Crippen LogP) is 4.22. The summed E-state index contributed by atoms with van der Waals surface area (Å²) in [6.45, 7) is 9.73. The smallest absolute Gasteiger partial charge is 0.410 e. The second-order valence-corrected chi connectivity index (χ2v) is 8.73. The zero-order valence-corrected chi connectivity index (χ0v) is 17.5. The molecule has 152 valence electrons. The monoisotopic (exact) mass is 391 g/mol. The number of piperazine rings is 1. The molecule has 1 saturated heterocycles. The van der Waals surface area contributed by atoms with Gasteiger partial charge in [-0.25, -0.2) is 4.79 Å². The van der Waals surface area contributed by atoms with Gasteiger partial charge in [0.2, 0.25) is 0 Å². The number of nitrogens with zero attached hydrogens (tertiary/aromatic N) is 3. The SMILES string of the molecule is CC(C)(C)OC(=O)N1CCN(C/C=C\c2ccnc3c2-c2ccccc2C3)CC1. The van der Waals surface area contributed by atoms with Crippen LogP contribution in [0.4, 0.5) is 4.79 Å². The van der Waals surface area contributed by atoms with E-state index < -0.39 is 5.60 Å². The molecular weight excluding hydrogens is 362 g/mol. The Bertz CT molecular complexity index is 922. The highest BCUT2D eigenvalue weighted by Gasteiger charge is 2.25. The molecule has 1 aromatic heterocycles. The van der Waals surface area contributed by atoms with Gasteiger partial charge < -0.3 is 9.64 Å². The Morgan fingerprint density at radius 1 is 1.14 bits per heavy atom. The van der Waals surface area contributed by atoms with Crippen molar-refractivity contribution in [3.63, 3.8) is 0 Å². The number of amides is 1. The van der Waals surface area contributed by atoms with E-state index in [1.165, 1.54) is 27.9 Å². The van der Waals surface area contributed by atoms with Crippen LogP contribution in [-0.4, -0.2) is 59.2 Å². The van der Waals surface area contributed by atoms with E-state index in [4.69, 9.17) is 4.74 Å². The number of benzene rings is 1. The van der Waals surface area contributed by atoms with E-state index in [1.807, 2.05) is 27.0 Å². The van der Waals surface area contributed by atoms with E-state index in [2.05, 4.69) is 52.4 Å². The molecule has 0 N–H and O–H groups in total. The molecule has 0 radical (unpaired) electrons. The number of aromatic nitrogens is 1. The molecular formula is C24H29N3O2. The molecule has 2 aliphatic rings. The van der Waals surface area contributed by atoms with Crippen LogP contribution in [0.3, 0.4) is 0 Å². The van der Waals surface area contributed by atoms with Crippen LogP contribution in [0.25, 0.3) is 17.2 Å². The summed E-state index contributed by atoms with van der Waals surface area (Å²) in [5.74, 6) is 0. The zero-order valence-electron chi connectivity index (χ0n) is 17.5. The lowest BCUT2D eigenvalue weighted by Gasteiger charge is -2.35. The van der Waals surface area contributed by atoms with Gasteiger partial charge in [0, 0.05) is 50.9 Å². The maximum atomic E-state index is 12.2. The number of fused-ring (bicyclic) bond motifs is 3. The summed E-state index contributed by atoms with van der Waals surface area (Å²) in [6, 6.07) is 10.7. The Balaban J connectivity index is 1.35. The highest BCUT2D eigenvalue weighted by Crippen LogP contribution is 2.37. The Morgan fingerprint density at radius 3 is 2.66 bits per heavy atom. The molecule has 5 nitrogen and oxygen atoms in total. The van der Waals surface area contributed by atoms with Gasteiger partial charge in [-0.2, -0.15) is 0 Å². The molecule has 1 amide bonds. The van der Waals surface area contributed by atoms with Crippen LogP contribution >= 0.6 is 0 Å². The lowest BCUT2D eigenvalue weighted by Crippen LogP contribution is -2.49. The Labute approximate surface area is 173 Å². The van der Waals surface area contributed by atoms with Crippen LogP contribution in [0, 0.1) is 0 Å². The summed E-state index contributed by atoms with van der Waals surface area (Å²) in [5.41, 5.74) is 5.89. The van der Waals surface area contributed by atoms with Gasteiger partial charge in [0.05, 0.1) is 5.69 Å². The van der Waals surface area contributed by atoms with E-state index in [0.29, 0.717) is 13.1 Å². The van der Waals surface area contributed by atoms with E-state index in [-0.39, 0.29) is 6.09 Å². The summed E-state index contributed by atoms with van der Waals surface area (Å²) in [6.07, 6.45) is 7.05. The first kappa shape index (κ1) is 19.6. The van der Waals surface area contributed by atoms with Crippen molar-refractivity contribution >= 4 is 12.2 Å².